The molecule has 2 fully saturated rings. The first kappa shape index (κ1) is 30.2. The van der Waals surface area contributed by atoms with Gasteiger partial charge in [0.2, 0.25) is 5.91 Å². The van der Waals surface area contributed by atoms with E-state index in [1.165, 1.54) is 11.8 Å². The van der Waals surface area contributed by atoms with Crippen molar-refractivity contribution in [2.24, 2.45) is 0 Å². The van der Waals surface area contributed by atoms with Crippen LogP contribution in [0, 0.1) is 11.6 Å². The Hall–Kier alpha value is -2.73. The van der Waals surface area contributed by atoms with E-state index in [9.17, 15) is 35.5 Å². The van der Waals surface area contributed by atoms with Crippen molar-refractivity contribution >= 4 is 5.91 Å². The zero-order valence-electron chi connectivity index (χ0n) is 21.9. The van der Waals surface area contributed by atoms with E-state index >= 15 is 4.39 Å². The van der Waals surface area contributed by atoms with E-state index < -0.39 is 57.7 Å². The Labute approximate surface area is 227 Å². The lowest BCUT2D eigenvalue weighted by Gasteiger charge is -2.48. The zero-order chi connectivity index (χ0) is 29.3. The predicted octanol–water partition coefficient (Wildman–Crippen LogP) is 6.33. The Morgan fingerprint density at radius 1 is 0.850 bits per heavy atom. The van der Waals surface area contributed by atoms with Crippen molar-refractivity contribution in [1.29, 1.82) is 0 Å². The molecule has 4 rings (SSSR count). The highest BCUT2D eigenvalue weighted by atomic mass is 19.4. The summed E-state index contributed by atoms with van der Waals surface area (Å²) in [5.41, 5.74) is -7.18. The number of carbonyl (C=O) groups excluding carboxylic acids is 1. The van der Waals surface area contributed by atoms with Gasteiger partial charge < -0.3 is 10.2 Å². The molecule has 2 saturated heterocycles. The second-order valence-corrected chi connectivity index (χ2v) is 10.3. The first-order valence-electron chi connectivity index (χ1n) is 13.3. The first-order valence-corrected chi connectivity index (χ1v) is 13.3. The third-order valence-corrected chi connectivity index (χ3v) is 7.86. The lowest BCUT2D eigenvalue weighted by atomic mass is 9.77. The molecule has 0 aliphatic carbocycles. The summed E-state index contributed by atoms with van der Waals surface area (Å²) in [7, 11) is 0. The fourth-order valence-electron chi connectivity index (χ4n) is 5.99. The summed E-state index contributed by atoms with van der Waals surface area (Å²) in [6.07, 6.45) is -6.38. The number of benzene rings is 2. The van der Waals surface area contributed by atoms with Crippen LogP contribution in [0.2, 0.25) is 0 Å². The van der Waals surface area contributed by atoms with Crippen LogP contribution >= 0.6 is 0 Å². The van der Waals surface area contributed by atoms with E-state index in [1.807, 2.05) is 0 Å². The number of alkyl halides is 6. The normalized spacial score (nSPS) is 19.8. The number of hydrogen-bond acceptors (Lipinski definition) is 3. The maximum absolute atomic E-state index is 15.5. The SMILES string of the molecule is CCNC(=O)C(c1cc(C(F)(F)F)cc(C(F)(F)F)c1)(c1cccc(F)c1F)N1CCC(N2CCCCC2)CC1. The van der Waals surface area contributed by atoms with Crippen LogP contribution in [0.15, 0.2) is 36.4 Å². The van der Waals surface area contributed by atoms with Crippen LogP contribution in [0.25, 0.3) is 0 Å². The minimum absolute atomic E-state index is 0.0451. The molecule has 1 atom stereocenters. The fraction of sp³-hybridized carbons (Fsp3) is 0.536. The van der Waals surface area contributed by atoms with Gasteiger partial charge in [0.15, 0.2) is 17.2 Å². The Morgan fingerprint density at radius 2 is 1.40 bits per heavy atom. The molecule has 2 aliphatic rings. The molecule has 2 aromatic carbocycles. The molecular formula is C28H31F8N3O. The van der Waals surface area contributed by atoms with Crippen LogP contribution in [0.5, 0.6) is 0 Å². The predicted molar refractivity (Wildman–Crippen MR) is 132 cm³/mol. The first-order chi connectivity index (χ1) is 18.8. The number of carbonyl (C=O) groups is 1. The Balaban J connectivity index is 1.95. The summed E-state index contributed by atoms with van der Waals surface area (Å²) >= 11 is 0. The summed E-state index contributed by atoms with van der Waals surface area (Å²) in [6, 6.07) is 3.82. The monoisotopic (exact) mass is 577 g/mol. The fourth-order valence-corrected chi connectivity index (χ4v) is 5.99. The summed E-state index contributed by atoms with van der Waals surface area (Å²) in [5, 5.41) is 2.48. The molecule has 2 aliphatic heterocycles. The molecule has 0 radical (unpaired) electrons. The summed E-state index contributed by atoms with van der Waals surface area (Å²) < 4.78 is 114. The van der Waals surface area contributed by atoms with Crippen LogP contribution in [0.1, 0.15) is 61.3 Å². The van der Waals surface area contributed by atoms with Gasteiger partial charge in [-0.05, 0) is 75.5 Å². The molecule has 0 saturated carbocycles. The van der Waals surface area contributed by atoms with Crippen LogP contribution < -0.4 is 5.32 Å². The number of likely N-dealkylation sites (N-methyl/N-ethyl adjacent to an activating group) is 1. The van der Waals surface area contributed by atoms with Gasteiger partial charge in [-0.25, -0.2) is 8.78 Å². The van der Waals surface area contributed by atoms with E-state index in [1.54, 1.807) is 0 Å². The number of nitrogens with one attached hydrogen (secondary N) is 1. The highest BCUT2D eigenvalue weighted by molar-refractivity contribution is 5.92. The number of halogens is 8. The number of amides is 1. The average molecular weight is 578 g/mol. The molecule has 1 amide bonds. The van der Waals surface area contributed by atoms with Gasteiger partial charge in [-0.15, -0.1) is 0 Å². The lowest BCUT2D eigenvalue weighted by Crippen LogP contribution is -2.61. The van der Waals surface area contributed by atoms with Gasteiger partial charge in [0, 0.05) is 31.2 Å². The van der Waals surface area contributed by atoms with Crippen molar-refractivity contribution in [2.45, 2.75) is 63.0 Å². The molecule has 1 unspecified atom stereocenters. The Bertz CT molecular complexity index is 1170. The molecular weight excluding hydrogens is 546 g/mol. The highest BCUT2D eigenvalue weighted by Gasteiger charge is 2.52. The second kappa shape index (κ2) is 11.6. The van der Waals surface area contributed by atoms with Gasteiger partial charge >= 0.3 is 12.4 Å². The van der Waals surface area contributed by atoms with Crippen molar-refractivity contribution in [2.75, 3.05) is 32.7 Å². The van der Waals surface area contributed by atoms with Crippen LogP contribution in [0.4, 0.5) is 35.1 Å². The van der Waals surface area contributed by atoms with Crippen molar-refractivity contribution in [3.63, 3.8) is 0 Å². The highest BCUT2D eigenvalue weighted by Crippen LogP contribution is 2.45. The van der Waals surface area contributed by atoms with Gasteiger partial charge in [-0.2, -0.15) is 26.3 Å². The van der Waals surface area contributed by atoms with Crippen molar-refractivity contribution in [3.8, 4) is 0 Å². The molecule has 4 nitrogen and oxygen atoms in total. The average Bonchev–Trinajstić information content (AvgIpc) is 2.91. The topological polar surface area (TPSA) is 35.6 Å². The molecule has 1 N–H and O–H groups in total. The van der Waals surface area contributed by atoms with Crippen LogP contribution in [0.3, 0.4) is 0 Å². The van der Waals surface area contributed by atoms with Crippen molar-refractivity contribution in [1.82, 2.24) is 15.1 Å². The Kier molecular flexibility index (Phi) is 8.79. The van der Waals surface area contributed by atoms with E-state index in [0.29, 0.717) is 25.0 Å². The van der Waals surface area contributed by atoms with Crippen molar-refractivity contribution < 1.29 is 39.9 Å². The van der Waals surface area contributed by atoms with Gasteiger partial charge in [-0.3, -0.25) is 9.69 Å². The van der Waals surface area contributed by atoms with Crippen LogP contribution in [-0.2, 0) is 22.7 Å². The summed E-state index contributed by atoms with van der Waals surface area (Å²) in [4.78, 5) is 17.6. The smallest absolute Gasteiger partial charge is 0.354 e. The van der Waals surface area contributed by atoms with E-state index in [2.05, 4.69) is 10.2 Å². The molecule has 0 bridgehead atoms. The zero-order valence-corrected chi connectivity index (χ0v) is 21.9. The molecule has 2 heterocycles. The maximum Gasteiger partial charge on any atom is 0.416 e. The van der Waals surface area contributed by atoms with Crippen molar-refractivity contribution in [3.05, 3.63) is 70.3 Å². The molecule has 220 valence electrons. The number of rotatable bonds is 6. The van der Waals surface area contributed by atoms with Gasteiger partial charge in [0.05, 0.1) is 11.1 Å². The van der Waals surface area contributed by atoms with Gasteiger partial charge in [0.25, 0.3) is 0 Å². The third kappa shape index (κ3) is 5.83. The standard InChI is InChI=1S/C28H31F8N3O/c1-2-37-25(40)26(22-7-6-8-23(29)24(22)30,39-13-9-21(10-14-39)38-11-4-3-5-12-38)18-15-19(27(31,32)33)17-20(16-18)28(34,35)36/h6-8,15-17,21H,2-5,9-14H2,1H3,(H,37,40). The number of piperidine rings is 2. The minimum atomic E-state index is -5.20. The molecule has 0 aromatic heterocycles. The third-order valence-electron chi connectivity index (χ3n) is 7.86. The quantitative estimate of drug-likeness (QED) is 0.408. The molecule has 40 heavy (non-hydrogen) atoms. The van der Waals surface area contributed by atoms with E-state index in [-0.39, 0.29) is 31.7 Å². The second-order valence-electron chi connectivity index (χ2n) is 10.3. The number of nitrogens with zero attached hydrogens (tertiary/aromatic N) is 2. The largest absolute Gasteiger partial charge is 0.416 e. The molecule has 2 aromatic rings. The number of likely N-dealkylation sites (tertiary alicyclic amines) is 2. The van der Waals surface area contributed by atoms with Gasteiger partial charge in [0.1, 0.15) is 0 Å². The van der Waals surface area contributed by atoms with Gasteiger partial charge in [-0.1, -0.05) is 18.6 Å². The Morgan fingerprint density at radius 3 is 1.93 bits per heavy atom. The van der Waals surface area contributed by atoms with Crippen LogP contribution in [-0.4, -0.2) is 54.5 Å². The van der Waals surface area contributed by atoms with E-state index in [4.69, 9.17) is 0 Å². The minimum Gasteiger partial charge on any atom is -0.354 e. The number of hydrogen-bond donors (Lipinski definition) is 1. The lowest BCUT2D eigenvalue weighted by molar-refractivity contribution is -0.144. The molecule has 12 heteroatoms. The maximum atomic E-state index is 15.5. The summed E-state index contributed by atoms with van der Waals surface area (Å²) in [6.45, 7) is 3.32. The van der Waals surface area contributed by atoms with E-state index in [0.717, 1.165) is 50.6 Å². The molecule has 0 spiro atoms. The summed E-state index contributed by atoms with van der Waals surface area (Å²) in [5.74, 6) is -3.93.